The van der Waals surface area contributed by atoms with Gasteiger partial charge in [-0.1, -0.05) is 36.7 Å². The summed E-state index contributed by atoms with van der Waals surface area (Å²) in [5.41, 5.74) is 4.81. The van der Waals surface area contributed by atoms with Crippen LogP contribution in [0, 0.1) is 6.92 Å². The molecule has 0 aromatic heterocycles. The number of hydrogen-bond acceptors (Lipinski definition) is 2. The van der Waals surface area contributed by atoms with Crippen LogP contribution in [0.2, 0.25) is 5.02 Å². The van der Waals surface area contributed by atoms with E-state index in [-0.39, 0.29) is 6.04 Å². The number of hydrogen-bond donors (Lipinski definition) is 2. The van der Waals surface area contributed by atoms with Crippen LogP contribution in [0.3, 0.4) is 0 Å². The standard InChI is InChI=1S/C18H20ClNO/c1-11-6-7-16(21)18-15(8-12(2)17(11)18)20-10-13-4-3-5-14(19)9-13/h3-7,9,12,15,20-21H,8,10H2,1-2H3. The van der Waals surface area contributed by atoms with Gasteiger partial charge in [-0.25, -0.2) is 0 Å². The molecule has 0 heterocycles. The maximum Gasteiger partial charge on any atom is 0.120 e. The monoisotopic (exact) mass is 301 g/mol. The summed E-state index contributed by atoms with van der Waals surface area (Å²) in [6, 6.07) is 11.9. The molecule has 3 rings (SSSR count). The van der Waals surface area contributed by atoms with Crippen molar-refractivity contribution in [1.29, 1.82) is 0 Å². The highest BCUT2D eigenvalue weighted by molar-refractivity contribution is 6.30. The van der Waals surface area contributed by atoms with Crippen LogP contribution < -0.4 is 5.32 Å². The predicted molar refractivity (Wildman–Crippen MR) is 86.9 cm³/mol. The molecular weight excluding hydrogens is 282 g/mol. The van der Waals surface area contributed by atoms with Crippen molar-refractivity contribution >= 4 is 11.6 Å². The Hall–Kier alpha value is -1.51. The number of fused-ring (bicyclic) bond motifs is 1. The lowest BCUT2D eigenvalue weighted by Gasteiger charge is -2.16. The first-order valence-corrected chi connectivity index (χ1v) is 7.74. The Kier molecular flexibility index (Phi) is 3.92. The topological polar surface area (TPSA) is 32.3 Å². The van der Waals surface area contributed by atoms with E-state index in [0.717, 1.165) is 29.1 Å². The van der Waals surface area contributed by atoms with Crippen molar-refractivity contribution in [2.45, 2.75) is 38.8 Å². The maximum atomic E-state index is 10.2. The Balaban J connectivity index is 1.82. The molecule has 0 amide bonds. The largest absolute Gasteiger partial charge is 0.508 e. The van der Waals surface area contributed by atoms with Crippen molar-refractivity contribution in [1.82, 2.24) is 5.32 Å². The zero-order chi connectivity index (χ0) is 15.0. The molecule has 0 bridgehead atoms. The van der Waals surface area contributed by atoms with E-state index in [4.69, 9.17) is 11.6 Å². The third kappa shape index (κ3) is 2.78. The Morgan fingerprint density at radius 2 is 2.05 bits per heavy atom. The van der Waals surface area contributed by atoms with Gasteiger partial charge in [-0.3, -0.25) is 0 Å². The molecular formula is C18H20ClNO. The number of rotatable bonds is 3. The van der Waals surface area contributed by atoms with Crippen molar-refractivity contribution < 1.29 is 5.11 Å². The van der Waals surface area contributed by atoms with E-state index in [1.54, 1.807) is 6.07 Å². The molecule has 0 saturated heterocycles. The van der Waals surface area contributed by atoms with Crippen LogP contribution >= 0.6 is 11.6 Å². The minimum Gasteiger partial charge on any atom is -0.508 e. The van der Waals surface area contributed by atoms with Gasteiger partial charge in [0, 0.05) is 23.2 Å². The van der Waals surface area contributed by atoms with Gasteiger partial charge in [-0.05, 0) is 54.2 Å². The van der Waals surface area contributed by atoms with Crippen molar-refractivity contribution in [2.75, 3.05) is 0 Å². The molecule has 2 atom stereocenters. The van der Waals surface area contributed by atoms with Crippen LogP contribution in [-0.4, -0.2) is 5.11 Å². The van der Waals surface area contributed by atoms with Gasteiger partial charge in [0.15, 0.2) is 0 Å². The van der Waals surface area contributed by atoms with E-state index in [9.17, 15) is 5.11 Å². The zero-order valence-electron chi connectivity index (χ0n) is 12.4. The number of nitrogens with one attached hydrogen (secondary N) is 1. The Morgan fingerprint density at radius 3 is 2.81 bits per heavy atom. The van der Waals surface area contributed by atoms with Gasteiger partial charge in [0.05, 0.1) is 0 Å². The van der Waals surface area contributed by atoms with Gasteiger partial charge in [0.25, 0.3) is 0 Å². The van der Waals surface area contributed by atoms with Crippen molar-refractivity contribution in [3.05, 3.63) is 63.7 Å². The average Bonchev–Trinajstić information content (AvgIpc) is 2.79. The molecule has 2 nitrogen and oxygen atoms in total. The summed E-state index contributed by atoms with van der Waals surface area (Å²) >= 11 is 6.02. The number of aromatic hydroxyl groups is 1. The molecule has 2 aromatic carbocycles. The predicted octanol–water partition coefficient (Wildman–Crippen LogP) is 4.69. The Morgan fingerprint density at radius 1 is 1.24 bits per heavy atom. The highest BCUT2D eigenvalue weighted by Gasteiger charge is 2.31. The van der Waals surface area contributed by atoms with Crippen molar-refractivity contribution in [3.63, 3.8) is 0 Å². The minimum atomic E-state index is 0.203. The van der Waals surface area contributed by atoms with E-state index in [2.05, 4.69) is 25.2 Å². The summed E-state index contributed by atoms with van der Waals surface area (Å²) in [4.78, 5) is 0. The molecule has 2 unspecified atom stereocenters. The second-order valence-electron chi connectivity index (χ2n) is 5.93. The van der Waals surface area contributed by atoms with Crippen LogP contribution in [0.15, 0.2) is 36.4 Å². The second-order valence-corrected chi connectivity index (χ2v) is 6.37. The maximum absolute atomic E-state index is 10.2. The van der Waals surface area contributed by atoms with Crippen LogP contribution in [0.5, 0.6) is 5.75 Å². The molecule has 1 aliphatic rings. The fourth-order valence-corrected chi connectivity index (χ4v) is 3.63. The summed E-state index contributed by atoms with van der Waals surface area (Å²) in [7, 11) is 0. The first-order chi connectivity index (χ1) is 10.1. The number of aryl methyl sites for hydroxylation is 1. The molecule has 21 heavy (non-hydrogen) atoms. The highest BCUT2D eigenvalue weighted by Crippen LogP contribution is 2.45. The van der Waals surface area contributed by atoms with Crippen LogP contribution in [0.1, 0.15) is 47.6 Å². The molecule has 0 saturated carbocycles. The Bertz CT molecular complexity index is 668. The SMILES string of the molecule is Cc1ccc(O)c2c1C(C)CC2NCc1cccc(Cl)c1. The molecule has 1 aliphatic carbocycles. The lowest BCUT2D eigenvalue weighted by molar-refractivity contribution is 0.445. The van der Waals surface area contributed by atoms with Crippen LogP contribution in [0.4, 0.5) is 0 Å². The molecule has 0 radical (unpaired) electrons. The van der Waals surface area contributed by atoms with Gasteiger partial charge < -0.3 is 10.4 Å². The third-order valence-electron chi connectivity index (χ3n) is 4.35. The van der Waals surface area contributed by atoms with Gasteiger partial charge in [0.2, 0.25) is 0 Å². The van der Waals surface area contributed by atoms with E-state index in [1.165, 1.54) is 11.1 Å². The quantitative estimate of drug-likeness (QED) is 0.862. The highest BCUT2D eigenvalue weighted by atomic mass is 35.5. The van der Waals surface area contributed by atoms with Gasteiger partial charge >= 0.3 is 0 Å². The summed E-state index contributed by atoms with van der Waals surface area (Å²) in [5.74, 6) is 0.882. The molecule has 2 aromatic rings. The minimum absolute atomic E-state index is 0.203. The normalized spacial score (nSPS) is 20.5. The molecule has 0 spiro atoms. The van der Waals surface area contributed by atoms with Gasteiger partial charge in [0.1, 0.15) is 5.75 Å². The Labute approximate surface area is 130 Å². The van der Waals surface area contributed by atoms with E-state index in [0.29, 0.717) is 11.7 Å². The lowest BCUT2D eigenvalue weighted by atomic mass is 9.97. The molecule has 110 valence electrons. The summed E-state index contributed by atoms with van der Waals surface area (Å²) in [6.07, 6.45) is 1.02. The van der Waals surface area contributed by atoms with Gasteiger partial charge in [-0.2, -0.15) is 0 Å². The molecule has 3 heteroatoms. The first-order valence-electron chi connectivity index (χ1n) is 7.36. The van der Waals surface area contributed by atoms with E-state index < -0.39 is 0 Å². The molecule has 0 aliphatic heterocycles. The van der Waals surface area contributed by atoms with Crippen LogP contribution in [-0.2, 0) is 6.54 Å². The third-order valence-corrected chi connectivity index (χ3v) is 4.59. The summed E-state index contributed by atoms with van der Waals surface area (Å²) < 4.78 is 0. The summed E-state index contributed by atoms with van der Waals surface area (Å²) in [5, 5.41) is 14.5. The first kappa shape index (κ1) is 14.4. The smallest absolute Gasteiger partial charge is 0.120 e. The molecule has 0 fully saturated rings. The molecule has 2 N–H and O–H groups in total. The van der Waals surface area contributed by atoms with Crippen LogP contribution in [0.25, 0.3) is 0 Å². The van der Waals surface area contributed by atoms with E-state index in [1.807, 2.05) is 24.3 Å². The fraction of sp³-hybridized carbons (Fsp3) is 0.333. The second kappa shape index (κ2) is 5.70. The lowest BCUT2D eigenvalue weighted by Crippen LogP contribution is -2.19. The number of halogens is 1. The van der Waals surface area contributed by atoms with Crippen molar-refractivity contribution in [2.24, 2.45) is 0 Å². The number of benzene rings is 2. The van der Waals surface area contributed by atoms with Crippen molar-refractivity contribution in [3.8, 4) is 5.75 Å². The number of phenols is 1. The average molecular weight is 302 g/mol. The fourth-order valence-electron chi connectivity index (χ4n) is 3.42. The van der Waals surface area contributed by atoms with Gasteiger partial charge in [-0.15, -0.1) is 0 Å². The summed E-state index contributed by atoms with van der Waals surface area (Å²) in [6.45, 7) is 5.10. The zero-order valence-corrected chi connectivity index (χ0v) is 13.1. The number of phenolic OH excluding ortho intramolecular Hbond substituents is 1. The van der Waals surface area contributed by atoms with E-state index >= 15 is 0 Å².